The molecule has 1 heterocycles. The number of unbranched alkanes of at least 4 members (excludes halogenated alkanes) is 4. The summed E-state index contributed by atoms with van der Waals surface area (Å²) in [5.74, 6) is 0.202. The lowest BCUT2D eigenvalue weighted by atomic mass is 10.00. The second kappa shape index (κ2) is 10.6. The fourth-order valence-corrected chi connectivity index (χ4v) is 4.05. The quantitative estimate of drug-likeness (QED) is 0.241. The molecule has 4 aromatic rings. The van der Waals surface area contributed by atoms with E-state index in [2.05, 4.69) is 11.9 Å². The van der Waals surface area contributed by atoms with Crippen LogP contribution in [0.15, 0.2) is 66.7 Å². The number of benzene rings is 3. The molecule has 0 aliphatic carbocycles. The van der Waals surface area contributed by atoms with Gasteiger partial charge in [0.2, 0.25) is 0 Å². The molecular formula is C29H29F2NO. The summed E-state index contributed by atoms with van der Waals surface area (Å²) >= 11 is 0. The van der Waals surface area contributed by atoms with Gasteiger partial charge in [-0.15, -0.1) is 0 Å². The first kappa shape index (κ1) is 22.9. The van der Waals surface area contributed by atoms with Gasteiger partial charge in [-0.25, -0.2) is 13.8 Å². The maximum absolute atomic E-state index is 15.0. The summed E-state index contributed by atoms with van der Waals surface area (Å²) in [5.41, 5.74) is 4.28. The molecule has 33 heavy (non-hydrogen) atoms. The number of hydrogen-bond donors (Lipinski definition) is 0. The van der Waals surface area contributed by atoms with Crippen molar-refractivity contribution in [1.82, 2.24) is 4.98 Å². The molecule has 0 amide bonds. The molecule has 0 atom stereocenters. The minimum atomic E-state index is -0.309. The average Bonchev–Trinajstić information content (AvgIpc) is 2.82. The van der Waals surface area contributed by atoms with Gasteiger partial charge in [-0.1, -0.05) is 56.9 Å². The van der Waals surface area contributed by atoms with Crippen molar-refractivity contribution in [2.75, 3.05) is 6.61 Å². The summed E-state index contributed by atoms with van der Waals surface area (Å²) < 4.78 is 34.4. The summed E-state index contributed by atoms with van der Waals surface area (Å²) in [5, 5.41) is 0.763. The van der Waals surface area contributed by atoms with Crippen molar-refractivity contribution in [3.8, 4) is 28.1 Å². The largest absolute Gasteiger partial charge is 0.494 e. The molecule has 0 N–H and O–H groups in total. The minimum absolute atomic E-state index is 0.293. The molecule has 0 aliphatic rings. The van der Waals surface area contributed by atoms with E-state index in [1.807, 2.05) is 43.3 Å². The molecule has 0 fully saturated rings. The first-order valence-electron chi connectivity index (χ1n) is 11.6. The Kier molecular flexibility index (Phi) is 7.33. The van der Waals surface area contributed by atoms with Crippen LogP contribution < -0.4 is 4.74 Å². The highest BCUT2D eigenvalue weighted by atomic mass is 19.1. The Morgan fingerprint density at radius 1 is 0.788 bits per heavy atom. The Morgan fingerprint density at radius 3 is 2.30 bits per heavy atom. The lowest BCUT2D eigenvalue weighted by Gasteiger charge is -2.10. The van der Waals surface area contributed by atoms with E-state index < -0.39 is 0 Å². The van der Waals surface area contributed by atoms with Gasteiger partial charge in [0, 0.05) is 16.5 Å². The van der Waals surface area contributed by atoms with Gasteiger partial charge < -0.3 is 4.74 Å². The maximum Gasteiger partial charge on any atom is 0.131 e. The Morgan fingerprint density at radius 2 is 1.55 bits per heavy atom. The van der Waals surface area contributed by atoms with E-state index in [0.717, 1.165) is 28.7 Å². The first-order valence-corrected chi connectivity index (χ1v) is 11.6. The highest BCUT2D eigenvalue weighted by molar-refractivity contribution is 5.85. The van der Waals surface area contributed by atoms with Crippen molar-refractivity contribution in [3.63, 3.8) is 0 Å². The fraction of sp³-hybridized carbons (Fsp3) is 0.276. The minimum Gasteiger partial charge on any atom is -0.494 e. The molecule has 3 aromatic carbocycles. The molecule has 4 rings (SSSR count). The number of nitrogens with zero attached hydrogens (tertiary/aromatic N) is 1. The zero-order chi connectivity index (χ0) is 23.2. The highest BCUT2D eigenvalue weighted by Gasteiger charge is 2.11. The van der Waals surface area contributed by atoms with Gasteiger partial charge in [0.1, 0.15) is 17.4 Å². The van der Waals surface area contributed by atoms with Crippen LogP contribution in [0.1, 0.15) is 44.6 Å². The van der Waals surface area contributed by atoms with E-state index in [1.165, 1.54) is 43.9 Å². The van der Waals surface area contributed by atoms with Crippen LogP contribution in [0.25, 0.3) is 33.3 Å². The molecule has 170 valence electrons. The predicted octanol–water partition coefficient (Wildman–Crippen LogP) is 8.50. The standard InChI is InChI=1S/C29H29F2NO/c1-3-4-5-6-7-16-33-24-12-8-21(9-13-24)25-14-10-22(18-27(25)31)29-17-20(2)26-19-23(30)11-15-28(26)32-29/h8-15,17-19H,3-7,16H2,1-2H3. The summed E-state index contributed by atoms with van der Waals surface area (Å²) in [6.07, 6.45) is 6.00. The van der Waals surface area contributed by atoms with Gasteiger partial charge in [0.15, 0.2) is 0 Å². The molecule has 0 spiro atoms. The van der Waals surface area contributed by atoms with E-state index >= 15 is 4.39 Å². The number of pyridine rings is 1. The van der Waals surface area contributed by atoms with Crippen LogP contribution >= 0.6 is 0 Å². The molecule has 0 saturated heterocycles. The second-order valence-electron chi connectivity index (χ2n) is 8.47. The summed E-state index contributed by atoms with van der Waals surface area (Å²) in [4.78, 5) is 4.60. The predicted molar refractivity (Wildman–Crippen MR) is 132 cm³/mol. The van der Waals surface area contributed by atoms with Crippen molar-refractivity contribution < 1.29 is 13.5 Å². The number of fused-ring (bicyclic) bond motifs is 1. The van der Waals surface area contributed by atoms with Crippen LogP contribution in [0.3, 0.4) is 0 Å². The summed E-state index contributed by atoms with van der Waals surface area (Å²) in [7, 11) is 0. The number of rotatable bonds is 9. The van der Waals surface area contributed by atoms with Gasteiger partial charge in [-0.05, 0) is 66.9 Å². The Labute approximate surface area is 194 Å². The number of aromatic nitrogens is 1. The van der Waals surface area contributed by atoms with Crippen molar-refractivity contribution in [1.29, 1.82) is 0 Å². The third kappa shape index (κ3) is 5.57. The first-order chi connectivity index (χ1) is 16.0. The Balaban J connectivity index is 1.48. The molecule has 0 bridgehead atoms. The monoisotopic (exact) mass is 445 g/mol. The number of hydrogen-bond acceptors (Lipinski definition) is 2. The fourth-order valence-electron chi connectivity index (χ4n) is 4.05. The van der Waals surface area contributed by atoms with Crippen molar-refractivity contribution in [3.05, 3.63) is 83.9 Å². The van der Waals surface area contributed by atoms with E-state index in [9.17, 15) is 4.39 Å². The van der Waals surface area contributed by atoms with E-state index in [-0.39, 0.29) is 11.6 Å². The highest BCUT2D eigenvalue weighted by Crippen LogP contribution is 2.30. The molecule has 0 saturated carbocycles. The molecule has 4 heteroatoms. The van der Waals surface area contributed by atoms with Crippen LogP contribution in [0.5, 0.6) is 5.75 Å². The normalized spacial score (nSPS) is 11.2. The Bertz CT molecular complexity index is 1230. The molecule has 1 aromatic heterocycles. The number of ether oxygens (including phenoxy) is 1. The zero-order valence-corrected chi connectivity index (χ0v) is 19.2. The van der Waals surface area contributed by atoms with Crippen LogP contribution in [0.2, 0.25) is 0 Å². The number of halogens is 2. The summed E-state index contributed by atoms with van der Waals surface area (Å²) in [6.45, 7) is 4.82. The van der Waals surface area contributed by atoms with Crippen LogP contribution in [0.4, 0.5) is 8.78 Å². The van der Waals surface area contributed by atoms with Gasteiger partial charge >= 0.3 is 0 Å². The van der Waals surface area contributed by atoms with Gasteiger partial charge in [-0.3, -0.25) is 0 Å². The van der Waals surface area contributed by atoms with Gasteiger partial charge in [-0.2, -0.15) is 0 Å². The topological polar surface area (TPSA) is 22.1 Å². The molecule has 0 radical (unpaired) electrons. The van der Waals surface area contributed by atoms with Crippen molar-refractivity contribution >= 4 is 10.9 Å². The number of aryl methyl sites for hydroxylation is 1. The van der Waals surface area contributed by atoms with Gasteiger partial charge in [0.05, 0.1) is 17.8 Å². The van der Waals surface area contributed by atoms with E-state index in [4.69, 9.17) is 4.74 Å². The van der Waals surface area contributed by atoms with E-state index in [0.29, 0.717) is 28.9 Å². The smallest absolute Gasteiger partial charge is 0.131 e. The summed E-state index contributed by atoms with van der Waals surface area (Å²) in [6, 6.07) is 19.1. The van der Waals surface area contributed by atoms with E-state index in [1.54, 1.807) is 12.1 Å². The molecule has 2 nitrogen and oxygen atoms in total. The van der Waals surface area contributed by atoms with Crippen molar-refractivity contribution in [2.45, 2.75) is 46.0 Å². The van der Waals surface area contributed by atoms with Crippen LogP contribution in [0, 0.1) is 18.6 Å². The zero-order valence-electron chi connectivity index (χ0n) is 19.2. The van der Waals surface area contributed by atoms with Crippen molar-refractivity contribution in [2.24, 2.45) is 0 Å². The van der Waals surface area contributed by atoms with Gasteiger partial charge in [0.25, 0.3) is 0 Å². The lowest BCUT2D eigenvalue weighted by Crippen LogP contribution is -1.97. The molecular weight excluding hydrogens is 416 g/mol. The van der Waals surface area contributed by atoms with Crippen LogP contribution in [-0.4, -0.2) is 11.6 Å². The Hall–Kier alpha value is -3.27. The molecule has 0 unspecified atom stereocenters. The third-order valence-electron chi connectivity index (χ3n) is 5.92. The SMILES string of the molecule is CCCCCCCOc1ccc(-c2ccc(-c3cc(C)c4cc(F)ccc4n3)cc2F)cc1. The second-order valence-corrected chi connectivity index (χ2v) is 8.47. The lowest BCUT2D eigenvalue weighted by molar-refractivity contribution is 0.304. The molecule has 0 aliphatic heterocycles. The third-order valence-corrected chi connectivity index (χ3v) is 5.92. The van der Waals surface area contributed by atoms with Crippen LogP contribution in [-0.2, 0) is 0 Å². The maximum atomic E-state index is 15.0. The average molecular weight is 446 g/mol.